The monoisotopic (exact) mass is 432 g/mol. The number of hydrogen-bond donors (Lipinski definition) is 2. The van der Waals surface area contributed by atoms with E-state index < -0.39 is 17.6 Å². The van der Waals surface area contributed by atoms with E-state index in [9.17, 15) is 10.2 Å². The van der Waals surface area contributed by atoms with Gasteiger partial charge in [0.25, 0.3) is 0 Å². The Morgan fingerprint density at radius 2 is 1.61 bits per heavy atom. The summed E-state index contributed by atoms with van der Waals surface area (Å²) in [6.07, 6.45) is -0.756. The maximum Gasteiger partial charge on any atom is 0.231 e. The van der Waals surface area contributed by atoms with Crippen molar-refractivity contribution in [2.75, 3.05) is 35.2 Å². The summed E-state index contributed by atoms with van der Waals surface area (Å²) < 4.78 is 34.0. The highest BCUT2D eigenvalue weighted by molar-refractivity contribution is 5.89. The minimum Gasteiger partial charge on any atom is -0.493 e. The third-order valence-electron chi connectivity index (χ3n) is 6.34. The Bertz CT molecular complexity index is 1010. The third-order valence-corrected chi connectivity index (χ3v) is 6.34. The lowest BCUT2D eigenvalue weighted by Crippen LogP contribution is -2.40. The maximum absolute atomic E-state index is 11.3. The minimum absolute atomic E-state index is 0.0495. The molecule has 0 unspecified atom stereocenters. The summed E-state index contributed by atoms with van der Waals surface area (Å²) in [6, 6.07) is 3.56. The van der Waals surface area contributed by atoms with E-state index in [-0.39, 0.29) is 13.2 Å². The number of rotatable bonds is 4. The van der Waals surface area contributed by atoms with Gasteiger partial charge in [0.15, 0.2) is 23.0 Å². The first kappa shape index (κ1) is 21.4. The average Bonchev–Trinajstić information content (AvgIpc) is 3.23. The Balaban J connectivity index is 2.18. The summed E-state index contributed by atoms with van der Waals surface area (Å²) in [4.78, 5) is 0. The van der Waals surface area contributed by atoms with E-state index in [2.05, 4.69) is 0 Å². The zero-order chi connectivity index (χ0) is 22.5. The van der Waals surface area contributed by atoms with E-state index in [0.29, 0.717) is 51.2 Å². The highest BCUT2D eigenvalue weighted by Gasteiger charge is 2.42. The van der Waals surface area contributed by atoms with E-state index in [1.165, 1.54) is 21.3 Å². The molecule has 0 aromatic heterocycles. The van der Waals surface area contributed by atoms with Crippen molar-refractivity contribution in [3.8, 4) is 45.6 Å². The van der Waals surface area contributed by atoms with Gasteiger partial charge in [-0.05, 0) is 30.2 Å². The molecular formula is C23H28O8. The summed E-state index contributed by atoms with van der Waals surface area (Å²) in [5, 5.41) is 22.6. The van der Waals surface area contributed by atoms with Crippen LogP contribution < -0.4 is 28.4 Å². The summed E-state index contributed by atoms with van der Waals surface area (Å²) in [6.45, 7) is 3.57. The quantitative estimate of drug-likeness (QED) is 0.761. The SMILES string of the molecule is COc1cc2c(c(OC)c1OC)-c1c(cc3c(c1OC)OCO3)[C@H](O)[C@H](C)[C@@](C)(O)C2. The van der Waals surface area contributed by atoms with Crippen LogP contribution in [0.4, 0.5) is 0 Å². The van der Waals surface area contributed by atoms with Gasteiger partial charge in [0.1, 0.15) is 0 Å². The topological polar surface area (TPSA) is 95.8 Å². The van der Waals surface area contributed by atoms with Gasteiger partial charge in [-0.15, -0.1) is 0 Å². The molecule has 0 fully saturated rings. The second-order valence-electron chi connectivity index (χ2n) is 8.05. The molecule has 0 bridgehead atoms. The van der Waals surface area contributed by atoms with Crippen LogP contribution in [0, 0.1) is 5.92 Å². The number of ether oxygens (including phenoxy) is 6. The van der Waals surface area contributed by atoms with Gasteiger partial charge in [0, 0.05) is 23.5 Å². The van der Waals surface area contributed by atoms with Crippen molar-refractivity contribution in [3.05, 3.63) is 23.3 Å². The standard InChI is InChI=1S/C23H28O8/c1-11-18(24)13-8-15-20(31-10-30-15)22(29-6)17(13)16-12(9-23(11,2)25)7-14(26-3)19(27-4)21(16)28-5/h7-8,11,18,24-25H,9-10H2,1-6H3/t11-,18+,23-/m0/s1. The zero-order valence-corrected chi connectivity index (χ0v) is 18.6. The normalized spacial score (nSPS) is 23.9. The predicted octanol–water partition coefficient (Wildman–Crippen LogP) is 3.09. The van der Waals surface area contributed by atoms with Crippen molar-refractivity contribution in [1.29, 1.82) is 0 Å². The van der Waals surface area contributed by atoms with E-state index in [1.54, 1.807) is 20.1 Å². The van der Waals surface area contributed by atoms with Gasteiger partial charge in [-0.2, -0.15) is 0 Å². The first-order chi connectivity index (χ1) is 14.8. The maximum atomic E-state index is 11.3. The number of benzene rings is 2. The molecule has 1 heterocycles. The Morgan fingerprint density at radius 3 is 2.23 bits per heavy atom. The molecule has 31 heavy (non-hydrogen) atoms. The van der Waals surface area contributed by atoms with Crippen molar-refractivity contribution in [3.63, 3.8) is 0 Å². The van der Waals surface area contributed by atoms with Gasteiger partial charge < -0.3 is 38.6 Å². The molecule has 8 heteroatoms. The second-order valence-corrected chi connectivity index (χ2v) is 8.05. The molecule has 0 radical (unpaired) electrons. The van der Waals surface area contributed by atoms with Gasteiger partial charge in [0.05, 0.1) is 40.1 Å². The Hall–Kier alpha value is -2.84. The Labute approximate surface area is 181 Å². The third kappa shape index (κ3) is 3.13. The van der Waals surface area contributed by atoms with Crippen LogP contribution in [-0.2, 0) is 6.42 Å². The van der Waals surface area contributed by atoms with Crippen molar-refractivity contribution in [2.24, 2.45) is 5.92 Å². The van der Waals surface area contributed by atoms with Crippen molar-refractivity contribution >= 4 is 0 Å². The largest absolute Gasteiger partial charge is 0.493 e. The molecule has 1 aliphatic carbocycles. The van der Waals surface area contributed by atoms with Gasteiger partial charge >= 0.3 is 0 Å². The van der Waals surface area contributed by atoms with Gasteiger partial charge in [-0.1, -0.05) is 6.92 Å². The first-order valence-corrected chi connectivity index (χ1v) is 10.0. The van der Waals surface area contributed by atoms with Crippen molar-refractivity contribution < 1.29 is 38.6 Å². The molecule has 2 N–H and O–H groups in total. The molecule has 0 saturated heterocycles. The van der Waals surface area contributed by atoms with Crippen LogP contribution in [0.2, 0.25) is 0 Å². The number of aliphatic hydroxyl groups excluding tert-OH is 1. The zero-order valence-electron chi connectivity index (χ0n) is 18.6. The lowest BCUT2D eigenvalue weighted by atomic mass is 9.73. The molecule has 4 rings (SSSR count). The van der Waals surface area contributed by atoms with E-state index >= 15 is 0 Å². The van der Waals surface area contributed by atoms with Crippen molar-refractivity contribution in [1.82, 2.24) is 0 Å². The van der Waals surface area contributed by atoms with Gasteiger partial charge in [0.2, 0.25) is 18.3 Å². The highest BCUT2D eigenvalue weighted by atomic mass is 16.7. The molecule has 0 spiro atoms. The van der Waals surface area contributed by atoms with E-state index in [0.717, 1.165) is 5.56 Å². The molecule has 2 aromatic carbocycles. The van der Waals surface area contributed by atoms with E-state index in [1.807, 2.05) is 13.0 Å². The minimum atomic E-state index is -1.22. The Kier molecular flexibility index (Phi) is 5.31. The molecule has 3 atom stereocenters. The molecule has 0 amide bonds. The molecule has 0 saturated carbocycles. The van der Waals surface area contributed by atoms with Crippen LogP contribution in [0.3, 0.4) is 0 Å². The number of fused-ring (bicyclic) bond motifs is 4. The first-order valence-electron chi connectivity index (χ1n) is 10.0. The van der Waals surface area contributed by atoms with Crippen LogP contribution in [-0.4, -0.2) is 51.0 Å². The number of methoxy groups -OCH3 is 4. The lowest BCUT2D eigenvalue weighted by molar-refractivity contribution is -0.0523. The summed E-state index contributed by atoms with van der Waals surface area (Å²) in [7, 11) is 6.14. The molecule has 168 valence electrons. The predicted molar refractivity (Wildman–Crippen MR) is 113 cm³/mol. The fourth-order valence-electron chi connectivity index (χ4n) is 4.49. The lowest BCUT2D eigenvalue weighted by Gasteiger charge is -2.38. The second kappa shape index (κ2) is 7.69. The highest BCUT2D eigenvalue weighted by Crippen LogP contribution is 2.58. The smallest absolute Gasteiger partial charge is 0.231 e. The van der Waals surface area contributed by atoms with Crippen LogP contribution in [0.5, 0.6) is 34.5 Å². The van der Waals surface area contributed by atoms with Crippen molar-refractivity contribution in [2.45, 2.75) is 32.0 Å². The molecule has 2 aromatic rings. The molecule has 1 aliphatic heterocycles. The fraction of sp³-hybridized carbons (Fsp3) is 0.478. The summed E-state index contributed by atoms with van der Waals surface area (Å²) in [5.74, 6) is 2.14. The average molecular weight is 432 g/mol. The van der Waals surface area contributed by atoms with Crippen LogP contribution in [0.1, 0.15) is 31.1 Å². The van der Waals surface area contributed by atoms with Crippen LogP contribution >= 0.6 is 0 Å². The molecular weight excluding hydrogens is 404 g/mol. The van der Waals surface area contributed by atoms with Crippen LogP contribution in [0.15, 0.2) is 12.1 Å². The summed E-state index contributed by atoms with van der Waals surface area (Å²) >= 11 is 0. The van der Waals surface area contributed by atoms with E-state index in [4.69, 9.17) is 28.4 Å². The number of hydrogen-bond acceptors (Lipinski definition) is 8. The fourth-order valence-corrected chi connectivity index (χ4v) is 4.49. The summed E-state index contributed by atoms with van der Waals surface area (Å²) in [5.41, 5.74) is 1.32. The number of aliphatic hydroxyl groups is 2. The molecule has 8 nitrogen and oxygen atoms in total. The van der Waals surface area contributed by atoms with Gasteiger partial charge in [-0.3, -0.25) is 0 Å². The molecule has 2 aliphatic rings. The Morgan fingerprint density at radius 1 is 0.935 bits per heavy atom. The van der Waals surface area contributed by atoms with Crippen LogP contribution in [0.25, 0.3) is 11.1 Å². The van der Waals surface area contributed by atoms with Gasteiger partial charge in [-0.25, -0.2) is 0 Å².